The number of aliphatic imine (C=N–C) groups is 1. The molecule has 1 atom stereocenters. The highest BCUT2D eigenvalue weighted by molar-refractivity contribution is 6.30. The highest BCUT2D eigenvalue weighted by Crippen LogP contribution is 2.25. The molecule has 0 radical (unpaired) electrons. The van der Waals surface area contributed by atoms with Gasteiger partial charge in [0.05, 0.1) is 6.54 Å². The van der Waals surface area contributed by atoms with Gasteiger partial charge < -0.3 is 20.7 Å². The van der Waals surface area contributed by atoms with E-state index in [4.69, 9.17) is 11.6 Å². The minimum atomic E-state index is -2.93. The van der Waals surface area contributed by atoms with E-state index in [0.29, 0.717) is 36.1 Å². The van der Waals surface area contributed by atoms with Gasteiger partial charge in [-0.05, 0) is 38.5 Å². The topological polar surface area (TPSA) is 74.8 Å². The quantitative estimate of drug-likeness (QED) is 0.413. The molecular weight excluding hydrogens is 378 g/mol. The third kappa shape index (κ3) is 9.42. The summed E-state index contributed by atoms with van der Waals surface area (Å²) < 4.78 is 29.5. The van der Waals surface area contributed by atoms with Crippen molar-refractivity contribution in [1.82, 2.24) is 16.0 Å². The first-order chi connectivity index (χ1) is 12.8. The van der Waals surface area contributed by atoms with Gasteiger partial charge in [0.1, 0.15) is 5.75 Å². The van der Waals surface area contributed by atoms with E-state index in [-0.39, 0.29) is 24.2 Å². The van der Waals surface area contributed by atoms with Crippen LogP contribution in [0.3, 0.4) is 0 Å². The number of benzene rings is 1. The zero-order valence-electron chi connectivity index (χ0n) is 15.8. The Hall–Kier alpha value is -2.09. The fourth-order valence-electron chi connectivity index (χ4n) is 2.13. The molecule has 0 aliphatic carbocycles. The summed E-state index contributed by atoms with van der Waals surface area (Å²) in [5.41, 5.74) is 0.439. The number of rotatable bonds is 10. The van der Waals surface area contributed by atoms with E-state index in [1.54, 1.807) is 0 Å². The molecule has 0 aliphatic heterocycles. The third-order valence-electron chi connectivity index (χ3n) is 3.65. The van der Waals surface area contributed by atoms with Crippen LogP contribution in [0.4, 0.5) is 8.78 Å². The van der Waals surface area contributed by atoms with Crippen molar-refractivity contribution < 1.29 is 18.3 Å². The monoisotopic (exact) mass is 404 g/mol. The minimum Gasteiger partial charge on any atom is -0.434 e. The Morgan fingerprint density at radius 3 is 2.67 bits per heavy atom. The fourth-order valence-corrected chi connectivity index (χ4v) is 2.33. The molecule has 0 aromatic heterocycles. The summed E-state index contributed by atoms with van der Waals surface area (Å²) in [7, 11) is 0. The van der Waals surface area contributed by atoms with E-state index in [0.717, 1.165) is 6.42 Å². The second kappa shape index (κ2) is 12.3. The lowest BCUT2D eigenvalue weighted by molar-refractivity contribution is -0.121. The van der Waals surface area contributed by atoms with E-state index >= 15 is 0 Å². The molecule has 0 bridgehead atoms. The minimum absolute atomic E-state index is 0.0296. The Morgan fingerprint density at radius 1 is 1.30 bits per heavy atom. The van der Waals surface area contributed by atoms with Crippen LogP contribution in [0.1, 0.15) is 39.2 Å². The number of hydrogen-bond acceptors (Lipinski definition) is 3. The molecule has 0 spiro atoms. The first-order valence-electron chi connectivity index (χ1n) is 8.90. The van der Waals surface area contributed by atoms with E-state index < -0.39 is 6.61 Å². The number of nitrogens with zero attached hydrogens (tertiary/aromatic N) is 1. The number of amides is 1. The summed E-state index contributed by atoms with van der Waals surface area (Å²) in [6.45, 7) is 4.02. The van der Waals surface area contributed by atoms with Gasteiger partial charge in [0.2, 0.25) is 5.91 Å². The molecule has 0 aliphatic rings. The number of ether oxygens (including phenoxy) is 1. The van der Waals surface area contributed by atoms with Gasteiger partial charge in [-0.2, -0.15) is 8.78 Å². The fraction of sp³-hybridized carbons (Fsp3) is 0.556. The van der Waals surface area contributed by atoms with Crippen molar-refractivity contribution in [2.75, 3.05) is 13.1 Å². The SMILES string of the molecule is CCNC(=NCc1cc(Cl)ccc1OC(F)F)NCCC(=O)NC(C)CC. The first-order valence-corrected chi connectivity index (χ1v) is 9.28. The molecule has 1 rings (SSSR count). The maximum atomic E-state index is 12.5. The van der Waals surface area contributed by atoms with Gasteiger partial charge in [0.25, 0.3) is 0 Å². The maximum Gasteiger partial charge on any atom is 0.387 e. The highest BCUT2D eigenvalue weighted by atomic mass is 35.5. The van der Waals surface area contributed by atoms with Crippen LogP contribution in [-0.2, 0) is 11.3 Å². The summed E-state index contributed by atoms with van der Waals surface area (Å²) in [6.07, 6.45) is 1.16. The molecule has 1 unspecified atom stereocenters. The summed E-state index contributed by atoms with van der Waals surface area (Å²) in [6, 6.07) is 4.53. The Balaban J connectivity index is 2.68. The van der Waals surface area contributed by atoms with Gasteiger partial charge in [0, 0.05) is 36.1 Å². The normalized spacial score (nSPS) is 12.6. The van der Waals surface area contributed by atoms with Crippen LogP contribution in [0.25, 0.3) is 0 Å². The number of nitrogens with one attached hydrogen (secondary N) is 3. The lowest BCUT2D eigenvalue weighted by Gasteiger charge is -2.14. The van der Waals surface area contributed by atoms with Crippen LogP contribution in [0, 0.1) is 0 Å². The van der Waals surface area contributed by atoms with Crippen molar-refractivity contribution in [3.63, 3.8) is 0 Å². The number of halogens is 3. The molecule has 6 nitrogen and oxygen atoms in total. The second-order valence-corrected chi connectivity index (χ2v) is 6.32. The zero-order valence-corrected chi connectivity index (χ0v) is 16.6. The molecule has 27 heavy (non-hydrogen) atoms. The van der Waals surface area contributed by atoms with Gasteiger partial charge in [-0.1, -0.05) is 18.5 Å². The molecule has 0 saturated carbocycles. The van der Waals surface area contributed by atoms with Gasteiger partial charge in [-0.15, -0.1) is 0 Å². The molecule has 0 heterocycles. The number of carbonyl (C=O) groups excluding carboxylic acids is 1. The lowest BCUT2D eigenvalue weighted by atomic mass is 10.2. The molecule has 0 fully saturated rings. The van der Waals surface area contributed by atoms with E-state index in [1.807, 2.05) is 20.8 Å². The number of guanidine groups is 1. The van der Waals surface area contributed by atoms with Crippen molar-refractivity contribution in [2.45, 2.75) is 52.8 Å². The van der Waals surface area contributed by atoms with Crippen molar-refractivity contribution in [1.29, 1.82) is 0 Å². The van der Waals surface area contributed by atoms with E-state index in [9.17, 15) is 13.6 Å². The highest BCUT2D eigenvalue weighted by Gasteiger charge is 2.11. The Bertz CT molecular complexity index is 629. The number of hydrogen-bond donors (Lipinski definition) is 3. The van der Waals surface area contributed by atoms with Gasteiger partial charge in [-0.25, -0.2) is 4.99 Å². The average molecular weight is 405 g/mol. The molecular formula is C18H27ClF2N4O2. The summed E-state index contributed by atoms with van der Waals surface area (Å²) in [4.78, 5) is 16.1. The van der Waals surface area contributed by atoms with E-state index in [2.05, 4.69) is 25.7 Å². The summed E-state index contributed by atoms with van der Waals surface area (Å²) in [5.74, 6) is 0.453. The van der Waals surface area contributed by atoms with Crippen molar-refractivity contribution in [3.8, 4) is 5.75 Å². The van der Waals surface area contributed by atoms with Crippen LogP contribution in [0.5, 0.6) is 5.75 Å². The Labute approximate surface area is 163 Å². The molecule has 1 aromatic carbocycles. The van der Waals surface area contributed by atoms with Crippen LogP contribution in [-0.4, -0.2) is 37.6 Å². The number of carbonyl (C=O) groups is 1. The van der Waals surface area contributed by atoms with Crippen molar-refractivity contribution >= 4 is 23.5 Å². The first kappa shape index (κ1) is 23.0. The standard InChI is InChI=1S/C18H27ClF2N4O2/c1-4-12(3)25-16(26)8-9-23-18(22-5-2)24-11-13-10-14(19)6-7-15(13)27-17(20)21/h6-7,10,12,17H,4-5,8-9,11H2,1-3H3,(H,25,26)(H2,22,23,24). The predicted octanol–water partition coefficient (Wildman–Crippen LogP) is 3.30. The van der Waals surface area contributed by atoms with E-state index in [1.165, 1.54) is 18.2 Å². The molecule has 152 valence electrons. The Kier molecular flexibility index (Phi) is 10.5. The smallest absolute Gasteiger partial charge is 0.387 e. The van der Waals surface area contributed by atoms with Gasteiger partial charge >= 0.3 is 6.61 Å². The van der Waals surface area contributed by atoms with Gasteiger partial charge in [-0.3, -0.25) is 4.79 Å². The van der Waals surface area contributed by atoms with Crippen LogP contribution < -0.4 is 20.7 Å². The largest absolute Gasteiger partial charge is 0.434 e. The van der Waals surface area contributed by atoms with Crippen LogP contribution in [0.15, 0.2) is 23.2 Å². The zero-order chi connectivity index (χ0) is 20.2. The van der Waals surface area contributed by atoms with Crippen LogP contribution >= 0.6 is 11.6 Å². The molecule has 1 aromatic rings. The average Bonchev–Trinajstić information content (AvgIpc) is 2.61. The molecule has 3 N–H and O–H groups in total. The second-order valence-electron chi connectivity index (χ2n) is 5.88. The maximum absolute atomic E-state index is 12.5. The predicted molar refractivity (Wildman–Crippen MR) is 103 cm³/mol. The third-order valence-corrected chi connectivity index (χ3v) is 3.89. The lowest BCUT2D eigenvalue weighted by Crippen LogP contribution is -2.40. The summed E-state index contributed by atoms with van der Waals surface area (Å²) >= 11 is 5.93. The van der Waals surface area contributed by atoms with Crippen molar-refractivity contribution in [2.24, 2.45) is 4.99 Å². The van der Waals surface area contributed by atoms with Gasteiger partial charge in [0.15, 0.2) is 5.96 Å². The summed E-state index contributed by atoms with van der Waals surface area (Å²) in [5, 5.41) is 9.37. The molecule has 9 heteroatoms. The Morgan fingerprint density at radius 2 is 2.04 bits per heavy atom. The number of alkyl halides is 2. The molecule has 1 amide bonds. The molecule has 0 saturated heterocycles. The van der Waals surface area contributed by atoms with Crippen LogP contribution in [0.2, 0.25) is 5.02 Å². The van der Waals surface area contributed by atoms with Crippen molar-refractivity contribution in [3.05, 3.63) is 28.8 Å².